The van der Waals surface area contributed by atoms with Crippen molar-refractivity contribution in [3.8, 4) is 0 Å². The maximum atomic E-state index is 13.3. The molecule has 1 aromatic rings. The van der Waals surface area contributed by atoms with Crippen LogP contribution < -0.4 is 5.32 Å². The average Bonchev–Trinajstić information content (AvgIpc) is 2.18. The number of carbonyl (C=O) groups excluding carboxylic acids is 1. The third-order valence-electron chi connectivity index (χ3n) is 1.81. The Morgan fingerprint density at radius 2 is 2.13 bits per heavy atom. The Morgan fingerprint density at radius 3 is 2.60 bits per heavy atom. The van der Waals surface area contributed by atoms with E-state index in [9.17, 15) is 9.18 Å². The Morgan fingerprint density at radius 1 is 1.47 bits per heavy atom. The van der Waals surface area contributed by atoms with E-state index in [2.05, 4.69) is 5.32 Å². The van der Waals surface area contributed by atoms with E-state index in [1.54, 1.807) is 32.5 Å². The van der Waals surface area contributed by atoms with Crippen LogP contribution in [0.2, 0.25) is 0 Å². The molecule has 0 aromatic heterocycles. The number of rotatable bonds is 2. The van der Waals surface area contributed by atoms with Gasteiger partial charge >= 0.3 is 6.03 Å². The molecule has 1 N–H and O–H groups in total. The summed E-state index contributed by atoms with van der Waals surface area (Å²) in [6.07, 6.45) is 1.80. The normalized spacial score (nSPS) is 9.87. The maximum Gasteiger partial charge on any atom is 0.321 e. The first-order chi connectivity index (χ1) is 7.04. The van der Waals surface area contributed by atoms with Crippen molar-refractivity contribution in [1.82, 2.24) is 4.90 Å². The Kier molecular flexibility index (Phi) is 3.96. The first-order valence-electron chi connectivity index (χ1n) is 4.36. The zero-order valence-electron chi connectivity index (χ0n) is 8.87. The molecule has 0 aliphatic heterocycles. The molecule has 1 aromatic carbocycles. The Hall–Kier alpha value is -1.23. The summed E-state index contributed by atoms with van der Waals surface area (Å²) in [5.41, 5.74) is 0.462. The molecule has 0 fully saturated rings. The van der Waals surface area contributed by atoms with Gasteiger partial charge in [-0.05, 0) is 24.5 Å². The molecule has 82 valence electrons. The summed E-state index contributed by atoms with van der Waals surface area (Å²) in [7, 11) is 3.25. The fraction of sp³-hybridized carbons (Fsp3) is 0.300. The van der Waals surface area contributed by atoms with Gasteiger partial charge in [-0.2, -0.15) is 0 Å². The van der Waals surface area contributed by atoms with Crippen molar-refractivity contribution in [3.63, 3.8) is 0 Å². The summed E-state index contributed by atoms with van der Waals surface area (Å²) in [5, 5.41) is 2.57. The smallest absolute Gasteiger partial charge is 0.321 e. The predicted octanol–water partition coefficient (Wildman–Crippen LogP) is 2.64. The molecular formula is C10H13FN2OS. The fourth-order valence-corrected chi connectivity index (χ4v) is 1.44. The molecule has 1 rings (SSSR count). The highest BCUT2D eigenvalue weighted by Crippen LogP contribution is 2.22. The lowest BCUT2D eigenvalue weighted by Gasteiger charge is -2.12. The third kappa shape index (κ3) is 3.13. The van der Waals surface area contributed by atoms with Crippen LogP contribution in [-0.4, -0.2) is 31.3 Å². The SMILES string of the molecule is CSc1ccc(NC(=O)N(C)C)cc1F. The van der Waals surface area contributed by atoms with Gasteiger partial charge in [-0.1, -0.05) is 0 Å². The van der Waals surface area contributed by atoms with Gasteiger partial charge in [0.2, 0.25) is 0 Å². The molecule has 0 spiro atoms. The number of halogens is 1. The van der Waals surface area contributed by atoms with Gasteiger partial charge in [0.1, 0.15) is 5.82 Å². The lowest BCUT2D eigenvalue weighted by Crippen LogP contribution is -2.27. The highest BCUT2D eigenvalue weighted by molar-refractivity contribution is 7.98. The summed E-state index contributed by atoms with van der Waals surface area (Å²) in [4.78, 5) is 13.2. The lowest BCUT2D eigenvalue weighted by molar-refractivity contribution is 0.230. The minimum atomic E-state index is -0.320. The molecule has 0 radical (unpaired) electrons. The Bertz CT molecular complexity index is 368. The van der Waals surface area contributed by atoms with Crippen molar-refractivity contribution in [2.45, 2.75) is 4.90 Å². The van der Waals surface area contributed by atoms with Crippen molar-refractivity contribution >= 4 is 23.5 Å². The van der Waals surface area contributed by atoms with Gasteiger partial charge in [0.25, 0.3) is 0 Å². The van der Waals surface area contributed by atoms with Crippen LogP contribution in [0, 0.1) is 5.82 Å². The first-order valence-corrected chi connectivity index (χ1v) is 5.59. The summed E-state index contributed by atoms with van der Waals surface area (Å²) < 4.78 is 13.3. The second-order valence-electron chi connectivity index (χ2n) is 3.17. The zero-order chi connectivity index (χ0) is 11.4. The number of benzene rings is 1. The fourth-order valence-electron chi connectivity index (χ4n) is 0.979. The number of hydrogen-bond acceptors (Lipinski definition) is 2. The maximum absolute atomic E-state index is 13.3. The van der Waals surface area contributed by atoms with E-state index in [0.29, 0.717) is 10.6 Å². The van der Waals surface area contributed by atoms with E-state index < -0.39 is 0 Å². The van der Waals surface area contributed by atoms with Crippen LogP contribution in [0.25, 0.3) is 0 Å². The van der Waals surface area contributed by atoms with E-state index in [4.69, 9.17) is 0 Å². The Labute approximate surface area is 92.7 Å². The summed E-state index contributed by atoms with van der Waals surface area (Å²) in [6, 6.07) is 4.36. The van der Waals surface area contributed by atoms with E-state index in [1.165, 1.54) is 22.7 Å². The first kappa shape index (κ1) is 11.8. The van der Waals surface area contributed by atoms with E-state index >= 15 is 0 Å². The van der Waals surface area contributed by atoms with Gasteiger partial charge in [-0.25, -0.2) is 9.18 Å². The number of thioether (sulfide) groups is 1. The van der Waals surface area contributed by atoms with Crippen molar-refractivity contribution in [1.29, 1.82) is 0 Å². The molecule has 0 atom stereocenters. The number of amides is 2. The van der Waals surface area contributed by atoms with Crippen LogP contribution in [0.4, 0.5) is 14.9 Å². The zero-order valence-corrected chi connectivity index (χ0v) is 9.69. The Balaban J connectivity index is 2.80. The van der Waals surface area contributed by atoms with Gasteiger partial charge in [-0.15, -0.1) is 11.8 Å². The summed E-state index contributed by atoms with van der Waals surface area (Å²) in [6.45, 7) is 0. The molecule has 5 heteroatoms. The van der Waals surface area contributed by atoms with Gasteiger partial charge in [0, 0.05) is 24.7 Å². The van der Waals surface area contributed by atoms with Gasteiger partial charge in [0.05, 0.1) is 0 Å². The molecule has 3 nitrogen and oxygen atoms in total. The number of anilines is 1. The van der Waals surface area contributed by atoms with Gasteiger partial charge in [0.15, 0.2) is 0 Å². The standard InChI is InChI=1S/C10H13FN2OS/c1-13(2)10(14)12-7-4-5-9(15-3)8(11)6-7/h4-6H,1-3H3,(H,12,14). The van der Waals surface area contributed by atoms with Crippen LogP contribution in [0.15, 0.2) is 23.1 Å². The predicted molar refractivity (Wildman–Crippen MR) is 60.9 cm³/mol. The number of carbonyl (C=O) groups is 1. The van der Waals surface area contributed by atoms with Crippen molar-refractivity contribution in [3.05, 3.63) is 24.0 Å². The number of nitrogens with zero attached hydrogens (tertiary/aromatic N) is 1. The monoisotopic (exact) mass is 228 g/mol. The minimum absolute atomic E-state index is 0.272. The average molecular weight is 228 g/mol. The largest absolute Gasteiger partial charge is 0.331 e. The van der Waals surface area contributed by atoms with Gasteiger partial charge < -0.3 is 10.2 Å². The van der Waals surface area contributed by atoms with E-state index in [0.717, 1.165) is 0 Å². The molecular weight excluding hydrogens is 215 g/mol. The van der Waals surface area contributed by atoms with Crippen molar-refractivity contribution < 1.29 is 9.18 Å². The molecule has 15 heavy (non-hydrogen) atoms. The van der Waals surface area contributed by atoms with Crippen LogP contribution in [0.1, 0.15) is 0 Å². The van der Waals surface area contributed by atoms with Crippen LogP contribution >= 0.6 is 11.8 Å². The van der Waals surface area contributed by atoms with Crippen LogP contribution in [-0.2, 0) is 0 Å². The summed E-state index contributed by atoms with van der Waals surface area (Å²) >= 11 is 1.33. The molecule has 0 heterocycles. The van der Waals surface area contributed by atoms with E-state index in [-0.39, 0.29) is 11.8 Å². The quantitative estimate of drug-likeness (QED) is 0.789. The second-order valence-corrected chi connectivity index (χ2v) is 4.02. The second kappa shape index (κ2) is 5.02. The molecule has 0 unspecified atom stereocenters. The molecule has 2 amide bonds. The van der Waals surface area contributed by atoms with Crippen molar-refractivity contribution in [2.75, 3.05) is 25.7 Å². The van der Waals surface area contributed by atoms with Gasteiger partial charge in [-0.3, -0.25) is 0 Å². The van der Waals surface area contributed by atoms with Crippen LogP contribution in [0.5, 0.6) is 0 Å². The number of hydrogen-bond donors (Lipinski definition) is 1. The van der Waals surface area contributed by atoms with E-state index in [1.807, 2.05) is 0 Å². The highest BCUT2D eigenvalue weighted by Gasteiger charge is 2.06. The minimum Gasteiger partial charge on any atom is -0.331 e. The highest BCUT2D eigenvalue weighted by atomic mass is 32.2. The third-order valence-corrected chi connectivity index (χ3v) is 2.58. The van der Waals surface area contributed by atoms with Crippen molar-refractivity contribution in [2.24, 2.45) is 0 Å². The molecule has 0 aliphatic carbocycles. The number of nitrogens with one attached hydrogen (secondary N) is 1. The summed E-state index contributed by atoms with van der Waals surface area (Å²) in [5.74, 6) is -0.320. The lowest BCUT2D eigenvalue weighted by atomic mass is 10.3. The number of urea groups is 1. The molecule has 0 saturated carbocycles. The topological polar surface area (TPSA) is 32.3 Å². The molecule has 0 aliphatic rings. The van der Waals surface area contributed by atoms with Crippen LogP contribution in [0.3, 0.4) is 0 Å². The molecule has 0 saturated heterocycles. The molecule has 0 bridgehead atoms.